The number of phenolic OH excluding ortho intramolecular Hbond substituents is 1. The predicted molar refractivity (Wildman–Crippen MR) is 74.1 cm³/mol. The normalized spacial score (nSPS) is 17.7. The Bertz CT molecular complexity index is 635. The first-order chi connectivity index (χ1) is 9.19. The van der Waals surface area contributed by atoms with Gasteiger partial charge in [-0.2, -0.15) is 0 Å². The molecule has 0 unspecified atom stereocenters. The molecule has 1 amide bonds. The van der Waals surface area contributed by atoms with Gasteiger partial charge in [0.2, 0.25) is 5.91 Å². The van der Waals surface area contributed by atoms with Crippen molar-refractivity contribution in [1.29, 1.82) is 0 Å². The van der Waals surface area contributed by atoms with E-state index in [0.717, 1.165) is 16.1 Å². The van der Waals surface area contributed by atoms with Crippen LogP contribution in [0.3, 0.4) is 0 Å². The number of benzene rings is 1. The lowest BCUT2D eigenvalue weighted by molar-refractivity contribution is -0.116. The predicted octanol–water partition coefficient (Wildman–Crippen LogP) is 2.94. The molecular weight excluding hydrogens is 262 g/mol. The maximum Gasteiger partial charge on any atom is 0.225 e. The van der Waals surface area contributed by atoms with Gasteiger partial charge in [-0.1, -0.05) is 6.07 Å². The summed E-state index contributed by atoms with van der Waals surface area (Å²) in [5.74, 6) is 0.584. The number of amides is 1. The first-order valence-corrected chi connectivity index (χ1v) is 6.81. The Morgan fingerprint density at radius 2 is 2.26 bits per heavy atom. The Kier molecular flexibility index (Phi) is 2.91. The van der Waals surface area contributed by atoms with Gasteiger partial charge in [0.1, 0.15) is 0 Å². The molecule has 0 saturated heterocycles. The number of hydrogen-bond acceptors (Lipinski definition) is 4. The quantitative estimate of drug-likeness (QED) is 0.886. The van der Waals surface area contributed by atoms with Crippen LogP contribution < -0.4 is 10.1 Å². The maximum atomic E-state index is 11.7. The summed E-state index contributed by atoms with van der Waals surface area (Å²) in [5.41, 5.74) is 1.87. The monoisotopic (exact) mass is 275 g/mol. The molecule has 0 saturated carbocycles. The number of rotatable bonds is 2. The van der Waals surface area contributed by atoms with Gasteiger partial charge < -0.3 is 15.2 Å². The van der Waals surface area contributed by atoms with E-state index in [1.807, 2.05) is 17.5 Å². The Balaban J connectivity index is 2.06. The highest BCUT2D eigenvalue weighted by Crippen LogP contribution is 2.42. The molecule has 2 aromatic rings. The average molecular weight is 275 g/mol. The first kappa shape index (κ1) is 12.0. The Morgan fingerprint density at radius 1 is 1.42 bits per heavy atom. The fraction of sp³-hybridized carbons (Fsp3) is 0.214. The molecule has 0 aliphatic carbocycles. The molecule has 1 aliphatic heterocycles. The summed E-state index contributed by atoms with van der Waals surface area (Å²) in [6.07, 6.45) is 0.418. The topological polar surface area (TPSA) is 58.6 Å². The third-order valence-corrected chi connectivity index (χ3v) is 4.31. The van der Waals surface area contributed by atoms with E-state index in [-0.39, 0.29) is 17.6 Å². The Labute approximate surface area is 114 Å². The molecule has 1 aliphatic rings. The molecule has 1 atom stereocenters. The van der Waals surface area contributed by atoms with E-state index in [0.29, 0.717) is 12.2 Å². The van der Waals surface area contributed by atoms with Crippen LogP contribution in [0.2, 0.25) is 0 Å². The summed E-state index contributed by atoms with van der Waals surface area (Å²) >= 11 is 1.63. The summed E-state index contributed by atoms with van der Waals surface area (Å²) in [5, 5.41) is 14.5. The van der Waals surface area contributed by atoms with E-state index in [4.69, 9.17) is 4.74 Å². The Hall–Kier alpha value is -2.01. The van der Waals surface area contributed by atoms with Gasteiger partial charge in [-0.05, 0) is 29.1 Å². The van der Waals surface area contributed by atoms with Crippen LogP contribution in [-0.2, 0) is 4.79 Å². The molecule has 0 spiro atoms. The van der Waals surface area contributed by atoms with Gasteiger partial charge >= 0.3 is 0 Å². The largest absolute Gasteiger partial charge is 0.504 e. The average Bonchev–Trinajstić information content (AvgIpc) is 2.86. The minimum atomic E-state index is 0.0166. The second kappa shape index (κ2) is 4.59. The zero-order valence-corrected chi connectivity index (χ0v) is 11.2. The number of phenols is 1. The van der Waals surface area contributed by atoms with Gasteiger partial charge in [-0.15, -0.1) is 11.3 Å². The molecule has 0 fully saturated rings. The number of thiophene rings is 1. The fourth-order valence-electron chi connectivity index (χ4n) is 2.35. The highest BCUT2D eigenvalue weighted by Gasteiger charge is 2.28. The molecule has 0 bridgehead atoms. The second-order valence-electron chi connectivity index (χ2n) is 4.43. The summed E-state index contributed by atoms with van der Waals surface area (Å²) in [4.78, 5) is 12.9. The van der Waals surface area contributed by atoms with Crippen LogP contribution in [0.15, 0.2) is 29.6 Å². The molecular formula is C14H13NO3S. The highest BCUT2D eigenvalue weighted by atomic mass is 32.1. The molecule has 4 nitrogen and oxygen atoms in total. The minimum absolute atomic E-state index is 0.0166. The number of methoxy groups -OCH3 is 1. The molecule has 3 rings (SSSR count). The van der Waals surface area contributed by atoms with Crippen molar-refractivity contribution >= 4 is 22.9 Å². The van der Waals surface area contributed by atoms with Crippen LogP contribution in [0.4, 0.5) is 5.69 Å². The van der Waals surface area contributed by atoms with Crippen LogP contribution in [0, 0.1) is 0 Å². The van der Waals surface area contributed by atoms with Gasteiger partial charge in [-0.3, -0.25) is 4.79 Å². The molecule has 1 aromatic heterocycles. The molecule has 98 valence electrons. The summed E-state index contributed by atoms with van der Waals surface area (Å²) in [7, 11) is 1.52. The first-order valence-electron chi connectivity index (χ1n) is 5.93. The fourth-order valence-corrected chi connectivity index (χ4v) is 3.33. The minimum Gasteiger partial charge on any atom is -0.504 e. The van der Waals surface area contributed by atoms with Crippen LogP contribution in [0.1, 0.15) is 22.8 Å². The third-order valence-electron chi connectivity index (χ3n) is 3.28. The number of anilines is 1. The number of carbonyl (C=O) groups is 1. The van der Waals surface area contributed by atoms with E-state index in [1.54, 1.807) is 23.5 Å². The lowest BCUT2D eigenvalue weighted by atomic mass is 9.90. The number of aromatic hydroxyl groups is 1. The number of nitrogens with one attached hydrogen (secondary N) is 1. The summed E-state index contributed by atoms with van der Waals surface area (Å²) in [6, 6.07) is 7.16. The van der Waals surface area contributed by atoms with Crippen molar-refractivity contribution in [2.24, 2.45) is 0 Å². The highest BCUT2D eigenvalue weighted by molar-refractivity contribution is 7.10. The van der Waals surface area contributed by atoms with E-state index in [2.05, 4.69) is 5.32 Å². The number of carbonyl (C=O) groups excluding carboxylic acids is 1. The van der Waals surface area contributed by atoms with E-state index < -0.39 is 0 Å². The lowest BCUT2D eigenvalue weighted by Crippen LogP contribution is -2.21. The van der Waals surface area contributed by atoms with Crippen molar-refractivity contribution in [3.63, 3.8) is 0 Å². The molecule has 0 radical (unpaired) electrons. The van der Waals surface area contributed by atoms with Crippen molar-refractivity contribution in [3.8, 4) is 11.5 Å². The number of fused-ring (bicyclic) bond motifs is 1. The smallest absolute Gasteiger partial charge is 0.225 e. The van der Waals surface area contributed by atoms with E-state index >= 15 is 0 Å². The summed E-state index contributed by atoms with van der Waals surface area (Å²) < 4.78 is 5.13. The van der Waals surface area contributed by atoms with E-state index in [1.165, 1.54) is 7.11 Å². The second-order valence-corrected chi connectivity index (χ2v) is 5.38. The lowest BCUT2D eigenvalue weighted by Gasteiger charge is -2.23. The van der Waals surface area contributed by atoms with Gasteiger partial charge in [0, 0.05) is 17.2 Å². The SMILES string of the molecule is COc1cc([C@@H]2CC(=O)Nc3ccsc32)ccc1O. The maximum absolute atomic E-state index is 11.7. The number of ether oxygens (including phenoxy) is 1. The summed E-state index contributed by atoms with van der Waals surface area (Å²) in [6.45, 7) is 0. The van der Waals surface area contributed by atoms with Crippen molar-refractivity contribution < 1.29 is 14.6 Å². The zero-order chi connectivity index (χ0) is 13.4. The van der Waals surface area contributed by atoms with E-state index in [9.17, 15) is 9.90 Å². The van der Waals surface area contributed by atoms with Crippen molar-refractivity contribution in [1.82, 2.24) is 0 Å². The van der Waals surface area contributed by atoms with Gasteiger partial charge in [0.25, 0.3) is 0 Å². The molecule has 1 aromatic carbocycles. The number of hydrogen-bond donors (Lipinski definition) is 2. The third kappa shape index (κ3) is 2.06. The molecule has 2 N–H and O–H groups in total. The molecule has 2 heterocycles. The molecule has 5 heteroatoms. The van der Waals surface area contributed by atoms with Gasteiger partial charge in [-0.25, -0.2) is 0 Å². The van der Waals surface area contributed by atoms with Crippen LogP contribution in [0.25, 0.3) is 0 Å². The standard InChI is InChI=1S/C14H13NO3S/c1-18-12-6-8(2-3-11(12)16)9-7-13(17)15-10-4-5-19-14(9)10/h2-6,9,16H,7H2,1H3,(H,15,17)/t9-/m0/s1. The van der Waals surface area contributed by atoms with Crippen molar-refractivity contribution in [2.45, 2.75) is 12.3 Å². The van der Waals surface area contributed by atoms with Crippen LogP contribution in [-0.4, -0.2) is 18.1 Å². The molecule has 19 heavy (non-hydrogen) atoms. The van der Waals surface area contributed by atoms with Crippen molar-refractivity contribution in [2.75, 3.05) is 12.4 Å². The van der Waals surface area contributed by atoms with Crippen LogP contribution >= 0.6 is 11.3 Å². The zero-order valence-electron chi connectivity index (χ0n) is 10.3. The Morgan fingerprint density at radius 3 is 3.05 bits per heavy atom. The van der Waals surface area contributed by atoms with Gasteiger partial charge in [0.15, 0.2) is 11.5 Å². The van der Waals surface area contributed by atoms with Gasteiger partial charge in [0.05, 0.1) is 12.8 Å². The van der Waals surface area contributed by atoms with Crippen molar-refractivity contribution in [3.05, 3.63) is 40.1 Å². The van der Waals surface area contributed by atoms with Crippen LogP contribution in [0.5, 0.6) is 11.5 Å².